The Bertz CT molecular complexity index is 924. The van der Waals surface area contributed by atoms with Crippen LogP contribution in [-0.4, -0.2) is 29.8 Å². The van der Waals surface area contributed by atoms with Crippen molar-refractivity contribution in [3.05, 3.63) is 54.6 Å². The fourth-order valence-electron chi connectivity index (χ4n) is 2.29. The molecule has 0 bridgehead atoms. The zero-order valence-corrected chi connectivity index (χ0v) is 11.9. The summed E-state index contributed by atoms with van der Waals surface area (Å²) < 4.78 is 1.74. The maximum Gasteiger partial charge on any atom is 0.158 e. The lowest BCUT2D eigenvalue weighted by atomic mass is 10.2. The largest absolute Gasteiger partial charge is 0.337 e. The number of fused-ring (bicyclic) bond motifs is 1. The van der Waals surface area contributed by atoms with E-state index in [2.05, 4.69) is 30.6 Å². The molecule has 0 saturated heterocycles. The fourth-order valence-corrected chi connectivity index (χ4v) is 2.29. The highest BCUT2D eigenvalue weighted by Crippen LogP contribution is 2.23. The lowest BCUT2D eigenvalue weighted by molar-refractivity contribution is 0.947. The first-order valence-electron chi connectivity index (χ1n) is 6.84. The summed E-state index contributed by atoms with van der Waals surface area (Å²) >= 11 is 0. The first-order chi connectivity index (χ1) is 10.8. The van der Waals surface area contributed by atoms with E-state index in [1.165, 1.54) is 0 Å². The van der Waals surface area contributed by atoms with Crippen LogP contribution in [0, 0.1) is 6.92 Å². The quantitative estimate of drug-likeness (QED) is 0.606. The average molecular weight is 291 g/mol. The van der Waals surface area contributed by atoms with Crippen molar-refractivity contribution in [3.63, 3.8) is 0 Å². The third-order valence-corrected chi connectivity index (χ3v) is 3.28. The zero-order chi connectivity index (χ0) is 14.9. The highest BCUT2D eigenvalue weighted by atomic mass is 15.3. The first-order valence-corrected chi connectivity index (χ1v) is 6.84. The van der Waals surface area contributed by atoms with Gasteiger partial charge in [-0.2, -0.15) is 14.7 Å². The Morgan fingerprint density at radius 1 is 1.14 bits per heavy atom. The normalized spacial score (nSPS) is 11.0. The minimum Gasteiger partial charge on any atom is -0.337 e. The van der Waals surface area contributed by atoms with E-state index < -0.39 is 0 Å². The molecule has 2 N–H and O–H groups in total. The van der Waals surface area contributed by atoms with Crippen molar-refractivity contribution in [1.29, 1.82) is 0 Å². The van der Waals surface area contributed by atoms with Gasteiger partial charge in [-0.25, -0.2) is 4.98 Å². The van der Waals surface area contributed by atoms with Crippen molar-refractivity contribution < 1.29 is 0 Å². The minimum absolute atomic E-state index is 0.756. The molecule has 0 aromatic carbocycles. The second-order valence-corrected chi connectivity index (χ2v) is 4.90. The van der Waals surface area contributed by atoms with Crippen LogP contribution < -0.4 is 5.32 Å². The van der Waals surface area contributed by atoms with Crippen LogP contribution in [0.15, 0.2) is 48.9 Å². The highest BCUT2D eigenvalue weighted by molar-refractivity contribution is 5.66. The number of aryl methyl sites for hydroxylation is 1. The summed E-state index contributed by atoms with van der Waals surface area (Å²) in [6.45, 7) is 1.96. The van der Waals surface area contributed by atoms with Crippen LogP contribution in [0.5, 0.6) is 0 Å². The first kappa shape index (κ1) is 12.5. The summed E-state index contributed by atoms with van der Waals surface area (Å²) in [5, 5.41) is 14.3. The van der Waals surface area contributed by atoms with Crippen LogP contribution in [0.3, 0.4) is 0 Å². The molecule has 4 aromatic heterocycles. The molecule has 0 spiro atoms. The molecule has 0 amide bonds. The van der Waals surface area contributed by atoms with Crippen molar-refractivity contribution in [1.82, 2.24) is 29.8 Å². The molecule has 0 radical (unpaired) electrons. The third kappa shape index (κ3) is 2.18. The van der Waals surface area contributed by atoms with E-state index in [1.807, 2.05) is 37.3 Å². The Morgan fingerprint density at radius 3 is 2.91 bits per heavy atom. The van der Waals surface area contributed by atoms with Crippen molar-refractivity contribution in [2.75, 3.05) is 5.32 Å². The van der Waals surface area contributed by atoms with Gasteiger partial charge in [0, 0.05) is 24.0 Å². The number of aromatic amines is 1. The lowest BCUT2D eigenvalue weighted by Gasteiger charge is -2.09. The molecule has 0 fully saturated rings. The Morgan fingerprint density at radius 2 is 2.09 bits per heavy atom. The molecule has 22 heavy (non-hydrogen) atoms. The van der Waals surface area contributed by atoms with Crippen molar-refractivity contribution in [2.45, 2.75) is 6.92 Å². The van der Waals surface area contributed by atoms with Gasteiger partial charge in [0.25, 0.3) is 0 Å². The summed E-state index contributed by atoms with van der Waals surface area (Å²) in [7, 11) is 0. The van der Waals surface area contributed by atoms with Gasteiger partial charge in [0.15, 0.2) is 5.65 Å². The Balaban J connectivity index is 1.86. The monoisotopic (exact) mass is 291 g/mol. The maximum absolute atomic E-state index is 4.61. The molecule has 0 aliphatic rings. The van der Waals surface area contributed by atoms with Crippen molar-refractivity contribution in [2.24, 2.45) is 0 Å². The predicted octanol–water partition coefficient (Wildman–Crippen LogP) is 2.57. The van der Waals surface area contributed by atoms with Crippen LogP contribution in [0.25, 0.3) is 17.0 Å². The zero-order valence-electron chi connectivity index (χ0n) is 11.9. The fraction of sp³-hybridized carbons (Fsp3) is 0.0667. The molecule has 7 heteroatoms. The van der Waals surface area contributed by atoms with E-state index in [0.29, 0.717) is 0 Å². The van der Waals surface area contributed by atoms with Gasteiger partial charge in [0.1, 0.15) is 5.82 Å². The molecular formula is C15H13N7. The van der Waals surface area contributed by atoms with Crippen LogP contribution in [0.2, 0.25) is 0 Å². The van der Waals surface area contributed by atoms with Gasteiger partial charge in [0.05, 0.1) is 29.5 Å². The number of nitrogens with one attached hydrogen (secondary N) is 2. The van der Waals surface area contributed by atoms with Gasteiger partial charge in [0.2, 0.25) is 0 Å². The number of H-pyrrole nitrogens is 1. The summed E-state index contributed by atoms with van der Waals surface area (Å²) in [5.41, 5.74) is 4.19. The van der Waals surface area contributed by atoms with Crippen LogP contribution in [0.4, 0.5) is 11.5 Å². The van der Waals surface area contributed by atoms with Gasteiger partial charge in [-0.3, -0.25) is 10.1 Å². The van der Waals surface area contributed by atoms with Crippen LogP contribution in [0.1, 0.15) is 5.69 Å². The van der Waals surface area contributed by atoms with Gasteiger partial charge < -0.3 is 5.32 Å². The number of hydrogen-bond donors (Lipinski definition) is 2. The van der Waals surface area contributed by atoms with E-state index in [4.69, 9.17) is 0 Å². The Hall–Kier alpha value is -3.22. The van der Waals surface area contributed by atoms with Crippen molar-refractivity contribution in [3.8, 4) is 11.4 Å². The molecule has 108 valence electrons. The predicted molar refractivity (Wildman–Crippen MR) is 82.8 cm³/mol. The molecule has 7 nitrogen and oxygen atoms in total. The Kier molecular flexibility index (Phi) is 2.82. The molecule has 4 heterocycles. The van der Waals surface area contributed by atoms with Gasteiger partial charge >= 0.3 is 0 Å². The molecular weight excluding hydrogens is 278 g/mol. The summed E-state index contributed by atoms with van der Waals surface area (Å²) in [6, 6.07) is 9.67. The molecule has 0 unspecified atom stereocenters. The number of anilines is 2. The van der Waals surface area contributed by atoms with E-state index in [1.54, 1.807) is 23.1 Å². The minimum atomic E-state index is 0.756. The number of hydrogen-bond acceptors (Lipinski definition) is 5. The van der Waals surface area contributed by atoms with Gasteiger partial charge in [-0.1, -0.05) is 6.07 Å². The lowest BCUT2D eigenvalue weighted by Crippen LogP contribution is -2.02. The smallest absolute Gasteiger partial charge is 0.158 e. The number of nitrogens with zero attached hydrogens (tertiary/aromatic N) is 5. The number of aromatic nitrogens is 6. The van der Waals surface area contributed by atoms with Crippen LogP contribution in [-0.2, 0) is 0 Å². The molecule has 0 atom stereocenters. The molecule has 0 aliphatic carbocycles. The topological polar surface area (TPSA) is 83.8 Å². The van der Waals surface area contributed by atoms with E-state index in [9.17, 15) is 0 Å². The SMILES string of the molecule is Cc1cccc(-c2cc(Nc3cn[nH]c3)n3nccc3n2)n1. The standard InChI is InChI=1S/C15H13N7/c1-10-3-2-4-12(19-10)13-7-15(20-11-8-16-17-9-11)22-14(21-13)5-6-18-22/h2-9,20H,1H3,(H,16,17). The molecule has 4 rings (SSSR count). The summed E-state index contributed by atoms with van der Waals surface area (Å²) in [5.74, 6) is 0.801. The van der Waals surface area contributed by atoms with E-state index in [-0.39, 0.29) is 0 Å². The highest BCUT2D eigenvalue weighted by Gasteiger charge is 2.10. The maximum atomic E-state index is 4.61. The molecule has 4 aromatic rings. The van der Waals surface area contributed by atoms with E-state index >= 15 is 0 Å². The molecule has 0 aliphatic heterocycles. The number of pyridine rings is 1. The van der Waals surface area contributed by atoms with Crippen molar-refractivity contribution >= 4 is 17.2 Å². The second kappa shape index (κ2) is 4.96. The molecule has 0 saturated carbocycles. The van der Waals surface area contributed by atoms with E-state index in [0.717, 1.165) is 34.2 Å². The van der Waals surface area contributed by atoms with Crippen LogP contribution >= 0.6 is 0 Å². The second-order valence-electron chi connectivity index (χ2n) is 4.90. The number of rotatable bonds is 3. The summed E-state index contributed by atoms with van der Waals surface area (Å²) in [6.07, 6.45) is 5.21. The average Bonchev–Trinajstić information content (AvgIpc) is 3.18. The van der Waals surface area contributed by atoms with Gasteiger partial charge in [-0.05, 0) is 19.1 Å². The summed E-state index contributed by atoms with van der Waals surface area (Å²) in [4.78, 5) is 9.15. The third-order valence-electron chi connectivity index (χ3n) is 3.28. The Labute approximate surface area is 126 Å². The van der Waals surface area contributed by atoms with Gasteiger partial charge in [-0.15, -0.1) is 0 Å².